The number of hydrogen-bond acceptors (Lipinski definition) is 4. The molecule has 1 aliphatic rings. The number of nitrogens with zero attached hydrogens (tertiary/aromatic N) is 2. The number of carbonyl (C=O) groups is 1. The summed E-state index contributed by atoms with van der Waals surface area (Å²) in [5.74, 6) is 0.239. The minimum absolute atomic E-state index is 0.239. The van der Waals surface area contributed by atoms with Gasteiger partial charge in [0.2, 0.25) is 5.91 Å². The molecule has 5 heteroatoms. The van der Waals surface area contributed by atoms with Crippen LogP contribution in [0.25, 0.3) is 11.3 Å². The summed E-state index contributed by atoms with van der Waals surface area (Å²) >= 11 is 1.62. The van der Waals surface area contributed by atoms with Crippen LogP contribution in [0.1, 0.15) is 19.8 Å². The lowest BCUT2D eigenvalue weighted by atomic mass is 10.2. The third kappa shape index (κ3) is 3.24. The summed E-state index contributed by atoms with van der Waals surface area (Å²) in [4.78, 5) is 18.3. The molecular formula is C16H19N3OS. The fourth-order valence-electron chi connectivity index (χ4n) is 2.58. The van der Waals surface area contributed by atoms with Gasteiger partial charge in [0.15, 0.2) is 5.13 Å². The average molecular weight is 301 g/mol. The van der Waals surface area contributed by atoms with Crippen molar-refractivity contribution in [1.82, 2.24) is 9.88 Å². The van der Waals surface area contributed by atoms with E-state index in [1.165, 1.54) is 0 Å². The summed E-state index contributed by atoms with van der Waals surface area (Å²) in [7, 11) is 0. The molecule has 1 aromatic heterocycles. The average Bonchev–Trinajstić information content (AvgIpc) is 3.17. The van der Waals surface area contributed by atoms with Crippen molar-refractivity contribution in [3.63, 3.8) is 0 Å². The summed E-state index contributed by atoms with van der Waals surface area (Å²) in [6.07, 6.45) is 1.58. The third-order valence-electron chi connectivity index (χ3n) is 3.74. The van der Waals surface area contributed by atoms with Crippen LogP contribution in [0.15, 0.2) is 35.7 Å². The number of aromatic nitrogens is 1. The Hall–Kier alpha value is -1.88. The summed E-state index contributed by atoms with van der Waals surface area (Å²) in [5, 5.41) is 6.46. The highest BCUT2D eigenvalue weighted by molar-refractivity contribution is 7.14. The molecular weight excluding hydrogens is 282 g/mol. The van der Waals surface area contributed by atoms with Crippen molar-refractivity contribution >= 4 is 22.4 Å². The molecule has 1 aromatic carbocycles. The molecule has 1 amide bonds. The van der Waals surface area contributed by atoms with Gasteiger partial charge < -0.3 is 10.2 Å². The lowest BCUT2D eigenvalue weighted by molar-refractivity contribution is -0.129. The Morgan fingerprint density at radius 2 is 2.24 bits per heavy atom. The van der Waals surface area contributed by atoms with Gasteiger partial charge in [-0.15, -0.1) is 11.3 Å². The van der Waals surface area contributed by atoms with Crippen LogP contribution in [0.3, 0.4) is 0 Å². The summed E-state index contributed by atoms with van der Waals surface area (Å²) in [6.45, 7) is 3.55. The van der Waals surface area contributed by atoms with E-state index in [4.69, 9.17) is 0 Å². The number of amides is 1. The zero-order chi connectivity index (χ0) is 14.7. The van der Waals surface area contributed by atoms with Gasteiger partial charge in [-0.1, -0.05) is 37.3 Å². The van der Waals surface area contributed by atoms with Crippen LogP contribution >= 0.6 is 11.3 Å². The first-order chi connectivity index (χ1) is 10.3. The van der Waals surface area contributed by atoms with E-state index in [0.29, 0.717) is 12.5 Å². The van der Waals surface area contributed by atoms with E-state index < -0.39 is 0 Å². The lowest BCUT2D eigenvalue weighted by Crippen LogP contribution is -2.30. The Labute approximate surface area is 128 Å². The number of likely N-dealkylation sites (tertiary alicyclic amines) is 1. The van der Waals surface area contributed by atoms with Gasteiger partial charge in [0, 0.05) is 36.5 Å². The minimum Gasteiger partial charge on any atom is -0.357 e. The highest BCUT2D eigenvalue weighted by Crippen LogP contribution is 2.26. The summed E-state index contributed by atoms with van der Waals surface area (Å²) in [6, 6.07) is 10.5. The maximum absolute atomic E-state index is 11.7. The van der Waals surface area contributed by atoms with Crippen LogP contribution in [-0.2, 0) is 4.79 Å². The van der Waals surface area contributed by atoms with Crippen LogP contribution in [0, 0.1) is 0 Å². The van der Waals surface area contributed by atoms with E-state index in [0.717, 1.165) is 35.9 Å². The Kier molecular flexibility index (Phi) is 4.20. The van der Waals surface area contributed by atoms with Gasteiger partial charge in [0.05, 0.1) is 5.69 Å². The van der Waals surface area contributed by atoms with Gasteiger partial charge >= 0.3 is 0 Å². The molecule has 1 aliphatic heterocycles. The molecule has 1 fully saturated rings. The number of carbonyl (C=O) groups excluding carboxylic acids is 1. The van der Waals surface area contributed by atoms with Gasteiger partial charge in [-0.2, -0.15) is 0 Å². The molecule has 21 heavy (non-hydrogen) atoms. The molecule has 1 saturated heterocycles. The molecule has 110 valence electrons. The van der Waals surface area contributed by atoms with Crippen molar-refractivity contribution in [3.8, 4) is 11.3 Å². The van der Waals surface area contributed by atoms with Crippen molar-refractivity contribution in [3.05, 3.63) is 35.7 Å². The fraction of sp³-hybridized carbons (Fsp3) is 0.375. The lowest BCUT2D eigenvalue weighted by Gasteiger charge is -2.15. The second-order valence-electron chi connectivity index (χ2n) is 5.23. The van der Waals surface area contributed by atoms with Crippen molar-refractivity contribution < 1.29 is 4.79 Å². The van der Waals surface area contributed by atoms with Gasteiger partial charge in [0.25, 0.3) is 0 Å². The van der Waals surface area contributed by atoms with E-state index in [2.05, 4.69) is 27.8 Å². The van der Waals surface area contributed by atoms with Gasteiger partial charge in [-0.05, 0) is 6.42 Å². The molecule has 0 radical (unpaired) electrons. The molecule has 0 bridgehead atoms. The first-order valence-electron chi connectivity index (χ1n) is 7.31. The molecule has 2 heterocycles. The number of rotatable bonds is 4. The number of anilines is 1. The predicted octanol–water partition coefficient (Wildman–Crippen LogP) is 3.23. The Balaban J connectivity index is 1.62. The third-order valence-corrected chi connectivity index (χ3v) is 4.52. The van der Waals surface area contributed by atoms with Crippen LogP contribution in [0.2, 0.25) is 0 Å². The van der Waals surface area contributed by atoms with Crippen LogP contribution in [-0.4, -0.2) is 34.9 Å². The van der Waals surface area contributed by atoms with Gasteiger partial charge in [-0.25, -0.2) is 4.98 Å². The fourth-order valence-corrected chi connectivity index (χ4v) is 3.38. The van der Waals surface area contributed by atoms with E-state index in [1.807, 2.05) is 30.0 Å². The Morgan fingerprint density at radius 3 is 3.00 bits per heavy atom. The molecule has 3 rings (SSSR count). The van der Waals surface area contributed by atoms with Crippen LogP contribution in [0.5, 0.6) is 0 Å². The van der Waals surface area contributed by atoms with E-state index in [1.54, 1.807) is 11.3 Å². The molecule has 1 atom stereocenters. The minimum atomic E-state index is 0.239. The normalized spacial score (nSPS) is 18.0. The predicted molar refractivity (Wildman–Crippen MR) is 86.4 cm³/mol. The maximum Gasteiger partial charge on any atom is 0.222 e. The van der Waals surface area contributed by atoms with E-state index >= 15 is 0 Å². The molecule has 1 N–H and O–H groups in total. The molecule has 0 saturated carbocycles. The first kappa shape index (κ1) is 14.1. The van der Waals surface area contributed by atoms with E-state index in [9.17, 15) is 4.79 Å². The maximum atomic E-state index is 11.7. The van der Waals surface area contributed by atoms with Crippen molar-refractivity contribution in [2.24, 2.45) is 0 Å². The molecule has 1 unspecified atom stereocenters. The monoisotopic (exact) mass is 301 g/mol. The zero-order valence-electron chi connectivity index (χ0n) is 12.1. The molecule has 4 nitrogen and oxygen atoms in total. The summed E-state index contributed by atoms with van der Waals surface area (Å²) < 4.78 is 0. The van der Waals surface area contributed by atoms with Crippen molar-refractivity contribution in [2.75, 3.05) is 18.4 Å². The first-order valence-corrected chi connectivity index (χ1v) is 8.19. The largest absolute Gasteiger partial charge is 0.357 e. The van der Waals surface area contributed by atoms with Gasteiger partial charge in [0.1, 0.15) is 0 Å². The number of nitrogens with one attached hydrogen (secondary N) is 1. The standard InChI is InChI=1S/C16H19N3OS/c1-2-15(20)19-9-8-13(10-19)17-16-18-14(11-21-16)12-6-4-3-5-7-12/h3-7,11,13H,2,8-10H2,1H3,(H,17,18). The second-order valence-corrected chi connectivity index (χ2v) is 6.09. The molecule has 0 spiro atoms. The Morgan fingerprint density at radius 1 is 1.43 bits per heavy atom. The highest BCUT2D eigenvalue weighted by atomic mass is 32.1. The van der Waals surface area contributed by atoms with Crippen molar-refractivity contribution in [2.45, 2.75) is 25.8 Å². The van der Waals surface area contributed by atoms with Gasteiger partial charge in [-0.3, -0.25) is 4.79 Å². The second kappa shape index (κ2) is 6.26. The zero-order valence-corrected chi connectivity index (χ0v) is 12.9. The number of thiazole rings is 1. The Bertz CT molecular complexity index is 611. The van der Waals surface area contributed by atoms with Crippen molar-refractivity contribution in [1.29, 1.82) is 0 Å². The molecule has 2 aromatic rings. The number of hydrogen-bond donors (Lipinski definition) is 1. The van der Waals surface area contributed by atoms with Crippen LogP contribution in [0.4, 0.5) is 5.13 Å². The topological polar surface area (TPSA) is 45.2 Å². The quantitative estimate of drug-likeness (QED) is 0.943. The number of benzene rings is 1. The SMILES string of the molecule is CCC(=O)N1CCC(Nc2nc(-c3ccccc3)cs2)C1. The van der Waals surface area contributed by atoms with Crippen LogP contribution < -0.4 is 5.32 Å². The van der Waals surface area contributed by atoms with E-state index in [-0.39, 0.29) is 5.91 Å². The highest BCUT2D eigenvalue weighted by Gasteiger charge is 2.25. The summed E-state index contributed by atoms with van der Waals surface area (Å²) in [5.41, 5.74) is 2.14. The smallest absolute Gasteiger partial charge is 0.222 e. The molecule has 0 aliphatic carbocycles.